The van der Waals surface area contributed by atoms with Crippen LogP contribution in [0.2, 0.25) is 0 Å². The average Bonchev–Trinajstić information content (AvgIpc) is 2.37. The molecule has 0 aliphatic carbocycles. The summed E-state index contributed by atoms with van der Waals surface area (Å²) in [5, 5.41) is 12.0. The van der Waals surface area contributed by atoms with Crippen LogP contribution < -0.4 is 15.8 Å². The number of carbonyl (C=O) groups is 1. The lowest BCUT2D eigenvalue weighted by atomic mass is 9.94. The maximum absolute atomic E-state index is 10.9. The van der Waals surface area contributed by atoms with Gasteiger partial charge in [-0.05, 0) is 50.1 Å². The van der Waals surface area contributed by atoms with Crippen molar-refractivity contribution in [2.75, 3.05) is 14.2 Å². The normalized spacial score (nSPS) is 13.9. The predicted molar refractivity (Wildman–Crippen MR) is 74.5 cm³/mol. The van der Waals surface area contributed by atoms with Gasteiger partial charge in [0.15, 0.2) is 0 Å². The van der Waals surface area contributed by atoms with Crippen LogP contribution in [-0.4, -0.2) is 31.3 Å². The van der Waals surface area contributed by atoms with E-state index in [2.05, 4.69) is 5.32 Å². The average molecular weight is 266 g/mol. The monoisotopic (exact) mass is 266 g/mol. The molecule has 0 aliphatic heterocycles. The van der Waals surface area contributed by atoms with Gasteiger partial charge in [-0.25, -0.2) is 0 Å². The Balaban J connectivity index is 3.05. The van der Waals surface area contributed by atoms with E-state index in [4.69, 9.17) is 15.6 Å². The van der Waals surface area contributed by atoms with Gasteiger partial charge >= 0.3 is 5.97 Å². The van der Waals surface area contributed by atoms with Gasteiger partial charge in [-0.15, -0.1) is 0 Å². The van der Waals surface area contributed by atoms with E-state index in [-0.39, 0.29) is 6.04 Å². The molecule has 106 valence electrons. The minimum atomic E-state index is -0.983. The van der Waals surface area contributed by atoms with Crippen LogP contribution in [0.1, 0.15) is 29.2 Å². The Bertz CT molecular complexity index is 460. The summed E-state index contributed by atoms with van der Waals surface area (Å²) >= 11 is 0. The lowest BCUT2D eigenvalue weighted by Crippen LogP contribution is -2.35. The van der Waals surface area contributed by atoms with Crippen LogP contribution in [0.15, 0.2) is 12.1 Å². The van der Waals surface area contributed by atoms with Gasteiger partial charge in [0.2, 0.25) is 0 Å². The van der Waals surface area contributed by atoms with Gasteiger partial charge in [0.05, 0.1) is 7.11 Å². The molecule has 0 radical (unpaired) electrons. The fraction of sp³-hybridized carbons (Fsp3) is 0.500. The number of carboxylic acid groups (broad SMARTS) is 1. The van der Waals surface area contributed by atoms with Gasteiger partial charge in [-0.3, -0.25) is 4.79 Å². The largest absolute Gasteiger partial charge is 0.496 e. The highest BCUT2D eigenvalue weighted by atomic mass is 16.5. The van der Waals surface area contributed by atoms with Crippen molar-refractivity contribution in [1.29, 1.82) is 0 Å². The first-order chi connectivity index (χ1) is 8.90. The van der Waals surface area contributed by atoms with Gasteiger partial charge in [0.1, 0.15) is 11.8 Å². The molecule has 1 aromatic carbocycles. The zero-order valence-corrected chi connectivity index (χ0v) is 11.9. The number of benzene rings is 1. The number of aryl methyl sites for hydroxylation is 2. The topological polar surface area (TPSA) is 84.6 Å². The third-order valence-corrected chi connectivity index (χ3v) is 3.31. The molecule has 19 heavy (non-hydrogen) atoms. The number of hydrogen-bond donors (Lipinski definition) is 3. The molecule has 4 N–H and O–H groups in total. The van der Waals surface area contributed by atoms with Gasteiger partial charge in [0, 0.05) is 6.04 Å². The molecule has 2 unspecified atom stereocenters. The molecule has 0 fully saturated rings. The fourth-order valence-electron chi connectivity index (χ4n) is 2.16. The first-order valence-electron chi connectivity index (χ1n) is 6.21. The zero-order chi connectivity index (χ0) is 14.6. The molecule has 1 rings (SSSR count). The fourth-order valence-corrected chi connectivity index (χ4v) is 2.16. The number of nitrogens with one attached hydrogen (secondary N) is 1. The Morgan fingerprint density at radius 3 is 2.53 bits per heavy atom. The van der Waals surface area contributed by atoms with Crippen molar-refractivity contribution < 1.29 is 14.6 Å². The summed E-state index contributed by atoms with van der Waals surface area (Å²) in [7, 11) is 3.44. The first kappa shape index (κ1) is 15.5. The van der Waals surface area contributed by atoms with Crippen molar-refractivity contribution in [3.8, 4) is 5.75 Å². The maximum atomic E-state index is 10.9. The Hall–Kier alpha value is -1.59. The minimum absolute atomic E-state index is 0.0873. The number of methoxy groups -OCH3 is 1. The predicted octanol–water partition coefficient (Wildman–Crippen LogP) is 1.37. The smallest absolute Gasteiger partial charge is 0.320 e. The molecule has 5 nitrogen and oxygen atoms in total. The second-order valence-corrected chi connectivity index (χ2v) is 4.70. The molecule has 0 amide bonds. The Kier molecular flexibility index (Phi) is 5.32. The second-order valence-electron chi connectivity index (χ2n) is 4.70. The van der Waals surface area contributed by atoms with Crippen LogP contribution >= 0.6 is 0 Å². The highest BCUT2D eigenvalue weighted by Crippen LogP contribution is 2.28. The van der Waals surface area contributed by atoms with Crippen LogP contribution in [0.4, 0.5) is 0 Å². The zero-order valence-electron chi connectivity index (χ0n) is 11.9. The van der Waals surface area contributed by atoms with Crippen molar-refractivity contribution in [2.24, 2.45) is 5.73 Å². The van der Waals surface area contributed by atoms with Crippen LogP contribution in [0.25, 0.3) is 0 Å². The van der Waals surface area contributed by atoms with Gasteiger partial charge in [0.25, 0.3) is 0 Å². The van der Waals surface area contributed by atoms with Crippen molar-refractivity contribution in [3.63, 3.8) is 0 Å². The molecule has 5 heteroatoms. The number of nitrogens with two attached hydrogens (primary N) is 1. The summed E-state index contributed by atoms with van der Waals surface area (Å²) in [6.07, 6.45) is 0.346. The lowest BCUT2D eigenvalue weighted by Gasteiger charge is -2.22. The van der Waals surface area contributed by atoms with Crippen LogP contribution in [0, 0.1) is 13.8 Å². The lowest BCUT2D eigenvalue weighted by molar-refractivity contribution is -0.138. The summed E-state index contributed by atoms with van der Waals surface area (Å²) in [4.78, 5) is 10.9. The number of hydrogen-bond acceptors (Lipinski definition) is 4. The van der Waals surface area contributed by atoms with E-state index < -0.39 is 12.0 Å². The third-order valence-electron chi connectivity index (χ3n) is 3.31. The van der Waals surface area contributed by atoms with E-state index in [1.165, 1.54) is 0 Å². The minimum Gasteiger partial charge on any atom is -0.496 e. The van der Waals surface area contributed by atoms with E-state index in [1.807, 2.05) is 26.0 Å². The summed E-state index contributed by atoms with van der Waals surface area (Å²) in [5.41, 5.74) is 8.74. The molecular weight excluding hydrogens is 244 g/mol. The quantitative estimate of drug-likeness (QED) is 0.724. The number of carboxylic acids is 1. The molecule has 0 spiro atoms. The highest BCUT2D eigenvalue weighted by Gasteiger charge is 2.21. The molecular formula is C14H22N2O3. The maximum Gasteiger partial charge on any atom is 0.320 e. The second kappa shape index (κ2) is 6.54. The summed E-state index contributed by atoms with van der Waals surface area (Å²) in [5.74, 6) is -0.151. The molecule has 0 heterocycles. The van der Waals surface area contributed by atoms with Crippen LogP contribution in [0.5, 0.6) is 5.75 Å². The molecule has 0 saturated heterocycles. The number of ether oxygens (including phenoxy) is 1. The number of aliphatic carboxylic acids is 1. The Morgan fingerprint density at radius 2 is 2.05 bits per heavy atom. The van der Waals surface area contributed by atoms with Crippen molar-refractivity contribution in [3.05, 3.63) is 28.8 Å². The van der Waals surface area contributed by atoms with E-state index in [0.29, 0.717) is 6.42 Å². The SMILES string of the molecule is CNC(CC(N)C(=O)O)c1cc(C)c(OC)cc1C. The summed E-state index contributed by atoms with van der Waals surface area (Å²) in [6.45, 7) is 3.94. The van der Waals surface area contributed by atoms with Gasteiger partial charge in [-0.2, -0.15) is 0 Å². The van der Waals surface area contributed by atoms with E-state index in [1.54, 1.807) is 14.2 Å². The van der Waals surface area contributed by atoms with E-state index in [0.717, 1.165) is 22.4 Å². The first-order valence-corrected chi connectivity index (χ1v) is 6.21. The standard InChI is InChI=1S/C14H22N2O3/c1-8-6-13(19-4)9(2)5-10(8)12(16-3)7-11(15)14(17)18/h5-6,11-12,16H,7,15H2,1-4H3,(H,17,18). The molecule has 2 atom stereocenters. The van der Waals surface area contributed by atoms with Crippen LogP contribution in [0.3, 0.4) is 0 Å². The van der Waals surface area contributed by atoms with E-state index in [9.17, 15) is 4.79 Å². The third kappa shape index (κ3) is 3.68. The molecule has 0 bridgehead atoms. The van der Waals surface area contributed by atoms with Crippen molar-refractivity contribution in [1.82, 2.24) is 5.32 Å². The molecule has 0 aromatic heterocycles. The molecule has 0 aliphatic rings. The van der Waals surface area contributed by atoms with Gasteiger partial charge in [-0.1, -0.05) is 6.07 Å². The number of rotatable bonds is 6. The summed E-state index contributed by atoms with van der Waals surface area (Å²) < 4.78 is 5.27. The highest BCUT2D eigenvalue weighted by molar-refractivity contribution is 5.73. The van der Waals surface area contributed by atoms with Crippen molar-refractivity contribution >= 4 is 5.97 Å². The molecule has 1 aromatic rings. The Morgan fingerprint density at radius 1 is 1.42 bits per heavy atom. The summed E-state index contributed by atoms with van der Waals surface area (Å²) in [6, 6.07) is 3.01. The van der Waals surface area contributed by atoms with Crippen molar-refractivity contribution in [2.45, 2.75) is 32.4 Å². The van der Waals surface area contributed by atoms with E-state index >= 15 is 0 Å². The van der Waals surface area contributed by atoms with Gasteiger partial charge < -0.3 is 20.9 Å². The Labute approximate surface area is 113 Å². The van der Waals surface area contributed by atoms with Crippen LogP contribution in [-0.2, 0) is 4.79 Å². The molecule has 0 saturated carbocycles.